The number of rotatable bonds is 3. The standard InChI is InChI=1S/C21H27N5O3/c1-15-22-19(29-24-15)16-7-9-17(10-8-16)20(27)25-11-13-26(14-12-25)21(28)23-18-5-3-2-4-6-18/h7-10,18H,2-6,11-14H2,1H3,(H,23,28). The summed E-state index contributed by atoms with van der Waals surface area (Å²) in [5.41, 5.74) is 1.40. The van der Waals surface area contributed by atoms with Crippen molar-refractivity contribution >= 4 is 11.9 Å². The molecule has 3 amide bonds. The molecule has 1 saturated heterocycles. The molecular formula is C21H27N5O3. The zero-order valence-corrected chi connectivity index (χ0v) is 16.8. The smallest absolute Gasteiger partial charge is 0.317 e. The number of hydrogen-bond donors (Lipinski definition) is 1. The lowest BCUT2D eigenvalue weighted by atomic mass is 9.96. The Balaban J connectivity index is 1.30. The Morgan fingerprint density at radius 2 is 1.66 bits per heavy atom. The van der Waals surface area contributed by atoms with Crippen molar-refractivity contribution in [2.75, 3.05) is 26.2 Å². The van der Waals surface area contributed by atoms with Gasteiger partial charge in [-0.15, -0.1) is 0 Å². The van der Waals surface area contributed by atoms with Gasteiger partial charge in [0.25, 0.3) is 11.8 Å². The molecule has 1 N–H and O–H groups in total. The minimum Gasteiger partial charge on any atom is -0.335 e. The van der Waals surface area contributed by atoms with E-state index in [0.717, 1.165) is 18.4 Å². The molecule has 2 aliphatic rings. The largest absolute Gasteiger partial charge is 0.335 e. The third-order valence-electron chi connectivity index (χ3n) is 5.69. The Bertz CT molecular complexity index is 849. The van der Waals surface area contributed by atoms with E-state index in [4.69, 9.17) is 4.52 Å². The second kappa shape index (κ2) is 8.63. The molecule has 1 saturated carbocycles. The first-order chi connectivity index (χ1) is 14.1. The fraction of sp³-hybridized carbons (Fsp3) is 0.524. The van der Waals surface area contributed by atoms with Crippen LogP contribution in [-0.4, -0.2) is 64.1 Å². The SMILES string of the molecule is Cc1noc(-c2ccc(C(=O)N3CCN(C(=O)NC4CCCCC4)CC3)cc2)n1. The topological polar surface area (TPSA) is 91.6 Å². The predicted molar refractivity (Wildman–Crippen MR) is 107 cm³/mol. The Morgan fingerprint density at radius 3 is 2.28 bits per heavy atom. The number of carbonyl (C=O) groups is 2. The average molecular weight is 397 g/mol. The van der Waals surface area contributed by atoms with E-state index in [1.54, 1.807) is 24.0 Å². The monoisotopic (exact) mass is 397 g/mol. The van der Waals surface area contributed by atoms with Gasteiger partial charge in [0.1, 0.15) is 0 Å². The first-order valence-corrected chi connectivity index (χ1v) is 10.4. The lowest BCUT2D eigenvalue weighted by Gasteiger charge is -2.36. The quantitative estimate of drug-likeness (QED) is 0.860. The van der Waals surface area contributed by atoms with Gasteiger partial charge in [0, 0.05) is 43.3 Å². The molecule has 1 aromatic heterocycles. The maximum Gasteiger partial charge on any atom is 0.317 e. The van der Waals surface area contributed by atoms with Crippen LogP contribution in [0.3, 0.4) is 0 Å². The minimum atomic E-state index is -0.0226. The number of aryl methyl sites for hydroxylation is 1. The zero-order chi connectivity index (χ0) is 20.2. The van der Waals surface area contributed by atoms with Crippen molar-refractivity contribution in [2.24, 2.45) is 0 Å². The van der Waals surface area contributed by atoms with E-state index in [0.29, 0.717) is 49.5 Å². The number of nitrogens with zero attached hydrogens (tertiary/aromatic N) is 4. The molecule has 8 nitrogen and oxygen atoms in total. The zero-order valence-electron chi connectivity index (χ0n) is 16.8. The number of hydrogen-bond acceptors (Lipinski definition) is 5. The van der Waals surface area contributed by atoms with Crippen molar-refractivity contribution < 1.29 is 14.1 Å². The Kier molecular flexibility index (Phi) is 5.78. The number of carbonyl (C=O) groups excluding carboxylic acids is 2. The van der Waals surface area contributed by atoms with Gasteiger partial charge in [-0.05, 0) is 44.0 Å². The summed E-state index contributed by atoms with van der Waals surface area (Å²) in [6.45, 7) is 3.97. The number of benzene rings is 1. The molecule has 4 rings (SSSR count). The second-order valence-corrected chi connectivity index (χ2v) is 7.79. The second-order valence-electron chi connectivity index (χ2n) is 7.79. The van der Waals surface area contributed by atoms with Gasteiger partial charge in [0.2, 0.25) is 0 Å². The normalized spacial score (nSPS) is 18.0. The van der Waals surface area contributed by atoms with Crippen molar-refractivity contribution in [3.05, 3.63) is 35.7 Å². The van der Waals surface area contributed by atoms with Gasteiger partial charge < -0.3 is 19.6 Å². The van der Waals surface area contributed by atoms with Crippen molar-refractivity contribution in [3.63, 3.8) is 0 Å². The number of amides is 3. The molecule has 0 bridgehead atoms. The predicted octanol–water partition coefficient (Wildman–Crippen LogP) is 2.85. The summed E-state index contributed by atoms with van der Waals surface area (Å²) < 4.78 is 5.16. The molecule has 8 heteroatoms. The summed E-state index contributed by atoms with van der Waals surface area (Å²) in [5, 5.41) is 6.93. The molecule has 154 valence electrons. The highest BCUT2D eigenvalue weighted by atomic mass is 16.5. The molecule has 1 aliphatic heterocycles. The number of aromatic nitrogens is 2. The fourth-order valence-corrected chi connectivity index (χ4v) is 3.98. The van der Waals surface area contributed by atoms with E-state index in [1.165, 1.54) is 19.3 Å². The summed E-state index contributed by atoms with van der Waals surface area (Å²) in [4.78, 5) is 33.1. The molecule has 2 fully saturated rings. The molecule has 29 heavy (non-hydrogen) atoms. The first-order valence-electron chi connectivity index (χ1n) is 10.4. The third kappa shape index (κ3) is 4.58. The Labute approximate surface area is 170 Å². The van der Waals surface area contributed by atoms with E-state index < -0.39 is 0 Å². The van der Waals surface area contributed by atoms with Crippen LogP contribution in [0.2, 0.25) is 0 Å². The maximum absolute atomic E-state index is 12.8. The third-order valence-corrected chi connectivity index (χ3v) is 5.69. The van der Waals surface area contributed by atoms with Crippen molar-refractivity contribution in [3.8, 4) is 11.5 Å². The van der Waals surface area contributed by atoms with Gasteiger partial charge in [-0.1, -0.05) is 24.4 Å². The Hall–Kier alpha value is -2.90. The average Bonchev–Trinajstić information content (AvgIpc) is 3.20. The summed E-state index contributed by atoms with van der Waals surface area (Å²) in [7, 11) is 0. The molecule has 0 spiro atoms. The van der Waals surface area contributed by atoms with E-state index in [9.17, 15) is 9.59 Å². The van der Waals surface area contributed by atoms with Crippen molar-refractivity contribution in [1.29, 1.82) is 0 Å². The maximum atomic E-state index is 12.8. The van der Waals surface area contributed by atoms with Gasteiger partial charge >= 0.3 is 6.03 Å². The van der Waals surface area contributed by atoms with Crippen LogP contribution < -0.4 is 5.32 Å². The highest BCUT2D eigenvalue weighted by Gasteiger charge is 2.26. The number of nitrogens with one attached hydrogen (secondary N) is 1. The Morgan fingerprint density at radius 1 is 1.00 bits per heavy atom. The molecule has 1 aliphatic carbocycles. The van der Waals surface area contributed by atoms with Crippen LogP contribution in [0.4, 0.5) is 4.79 Å². The highest BCUT2D eigenvalue weighted by molar-refractivity contribution is 5.94. The van der Waals surface area contributed by atoms with Crippen LogP contribution >= 0.6 is 0 Å². The van der Waals surface area contributed by atoms with Crippen LogP contribution in [0, 0.1) is 6.92 Å². The number of piperazine rings is 1. The molecule has 2 heterocycles. The molecule has 2 aromatic rings. The molecule has 0 radical (unpaired) electrons. The molecule has 0 unspecified atom stereocenters. The summed E-state index contributed by atoms with van der Waals surface area (Å²) in [5.74, 6) is 0.996. The van der Waals surface area contributed by atoms with Gasteiger partial charge in [0.15, 0.2) is 5.82 Å². The summed E-state index contributed by atoms with van der Waals surface area (Å²) >= 11 is 0. The van der Waals surface area contributed by atoms with Gasteiger partial charge in [-0.3, -0.25) is 4.79 Å². The molecular weight excluding hydrogens is 370 g/mol. The summed E-state index contributed by atoms with van der Waals surface area (Å²) in [6, 6.07) is 7.49. The van der Waals surface area contributed by atoms with Crippen LogP contribution in [-0.2, 0) is 0 Å². The van der Waals surface area contributed by atoms with E-state index >= 15 is 0 Å². The van der Waals surface area contributed by atoms with E-state index in [1.807, 2.05) is 17.0 Å². The lowest BCUT2D eigenvalue weighted by molar-refractivity contribution is 0.0662. The van der Waals surface area contributed by atoms with Crippen LogP contribution in [0.5, 0.6) is 0 Å². The highest BCUT2D eigenvalue weighted by Crippen LogP contribution is 2.20. The lowest BCUT2D eigenvalue weighted by Crippen LogP contribution is -2.54. The number of urea groups is 1. The van der Waals surface area contributed by atoms with Crippen LogP contribution in [0.25, 0.3) is 11.5 Å². The fourth-order valence-electron chi connectivity index (χ4n) is 3.98. The van der Waals surface area contributed by atoms with Gasteiger partial charge in [-0.25, -0.2) is 4.79 Å². The molecule has 0 atom stereocenters. The van der Waals surface area contributed by atoms with E-state index in [2.05, 4.69) is 15.5 Å². The van der Waals surface area contributed by atoms with Crippen LogP contribution in [0.15, 0.2) is 28.8 Å². The summed E-state index contributed by atoms with van der Waals surface area (Å²) in [6.07, 6.45) is 5.80. The van der Waals surface area contributed by atoms with Gasteiger partial charge in [-0.2, -0.15) is 4.98 Å². The molecule has 1 aromatic carbocycles. The van der Waals surface area contributed by atoms with Gasteiger partial charge in [0.05, 0.1) is 0 Å². The minimum absolute atomic E-state index is 0.00297. The van der Waals surface area contributed by atoms with E-state index in [-0.39, 0.29) is 11.9 Å². The van der Waals surface area contributed by atoms with Crippen molar-refractivity contribution in [2.45, 2.75) is 45.1 Å². The van der Waals surface area contributed by atoms with Crippen molar-refractivity contribution in [1.82, 2.24) is 25.3 Å². The first kappa shape index (κ1) is 19.4. The van der Waals surface area contributed by atoms with Crippen LogP contribution in [0.1, 0.15) is 48.3 Å².